The fourth-order valence-corrected chi connectivity index (χ4v) is 3.97. The quantitative estimate of drug-likeness (QED) is 0.837. The molecule has 0 saturated carbocycles. The van der Waals surface area contributed by atoms with Crippen molar-refractivity contribution in [2.45, 2.75) is 38.5 Å². The fourth-order valence-electron chi connectivity index (χ4n) is 3.97. The lowest BCUT2D eigenvalue weighted by atomic mass is 9.77. The number of carbonyl (C=O) groups is 2. The second kappa shape index (κ2) is 6.28. The molecule has 0 N–H and O–H groups in total. The number of hydrogen-bond donors (Lipinski definition) is 0. The summed E-state index contributed by atoms with van der Waals surface area (Å²) < 4.78 is 0. The maximum Gasteiger partial charge on any atom is 0.232 e. The minimum absolute atomic E-state index is 0.0598. The summed E-state index contributed by atoms with van der Waals surface area (Å²) in [7, 11) is 0. The number of carbonyl (C=O) groups excluding carboxylic acids is 2. The molecule has 2 heterocycles. The number of amides is 1. The van der Waals surface area contributed by atoms with E-state index in [1.54, 1.807) is 17.3 Å². The van der Waals surface area contributed by atoms with Gasteiger partial charge < -0.3 is 0 Å². The molecular formula is C21H20N2O2. The van der Waals surface area contributed by atoms with E-state index in [2.05, 4.69) is 4.98 Å². The van der Waals surface area contributed by atoms with E-state index >= 15 is 0 Å². The largest absolute Gasteiger partial charge is 0.294 e. The number of allylic oxidation sites excluding steroid dienone is 2. The summed E-state index contributed by atoms with van der Waals surface area (Å²) >= 11 is 0. The van der Waals surface area contributed by atoms with E-state index in [1.807, 2.05) is 43.3 Å². The molecule has 0 radical (unpaired) electrons. The Morgan fingerprint density at radius 1 is 1.04 bits per heavy atom. The van der Waals surface area contributed by atoms with Gasteiger partial charge in [-0.2, -0.15) is 0 Å². The molecular weight excluding hydrogens is 312 g/mol. The van der Waals surface area contributed by atoms with Gasteiger partial charge in [-0.15, -0.1) is 0 Å². The van der Waals surface area contributed by atoms with Gasteiger partial charge in [-0.1, -0.05) is 18.2 Å². The van der Waals surface area contributed by atoms with Crippen molar-refractivity contribution >= 4 is 17.4 Å². The zero-order valence-electron chi connectivity index (χ0n) is 14.2. The second-order valence-corrected chi connectivity index (χ2v) is 6.69. The van der Waals surface area contributed by atoms with Gasteiger partial charge in [-0.25, -0.2) is 0 Å². The van der Waals surface area contributed by atoms with E-state index in [-0.39, 0.29) is 17.6 Å². The predicted octanol–water partition coefficient (Wildman–Crippen LogP) is 3.92. The molecule has 1 unspecified atom stereocenters. The molecule has 1 aliphatic heterocycles. The van der Waals surface area contributed by atoms with Crippen molar-refractivity contribution < 1.29 is 9.59 Å². The molecule has 0 fully saturated rings. The van der Waals surface area contributed by atoms with E-state index in [0.29, 0.717) is 12.8 Å². The second-order valence-electron chi connectivity index (χ2n) is 6.69. The van der Waals surface area contributed by atoms with Crippen LogP contribution in [0.2, 0.25) is 0 Å². The van der Waals surface area contributed by atoms with E-state index < -0.39 is 0 Å². The Morgan fingerprint density at radius 3 is 2.56 bits per heavy atom. The average Bonchev–Trinajstić information content (AvgIpc) is 2.63. The Hall–Kier alpha value is -2.75. The Bertz CT molecular complexity index is 870. The van der Waals surface area contributed by atoms with Gasteiger partial charge in [0.05, 0.1) is 5.69 Å². The summed E-state index contributed by atoms with van der Waals surface area (Å²) in [6.07, 6.45) is 5.90. The molecule has 4 nitrogen and oxygen atoms in total. The molecule has 0 spiro atoms. The lowest BCUT2D eigenvalue weighted by molar-refractivity contribution is -0.119. The van der Waals surface area contributed by atoms with E-state index in [4.69, 9.17) is 0 Å². The van der Waals surface area contributed by atoms with Gasteiger partial charge in [-0.05, 0) is 49.1 Å². The monoisotopic (exact) mass is 332 g/mol. The number of benzene rings is 1. The zero-order valence-corrected chi connectivity index (χ0v) is 14.2. The van der Waals surface area contributed by atoms with E-state index in [1.165, 1.54) is 0 Å². The first-order chi connectivity index (χ1) is 12.2. The molecule has 2 aromatic rings. The van der Waals surface area contributed by atoms with Crippen molar-refractivity contribution in [3.8, 4) is 0 Å². The van der Waals surface area contributed by atoms with Crippen LogP contribution in [0.5, 0.6) is 0 Å². The van der Waals surface area contributed by atoms with Crippen molar-refractivity contribution in [2.24, 2.45) is 0 Å². The molecule has 1 amide bonds. The molecule has 0 saturated heterocycles. The summed E-state index contributed by atoms with van der Waals surface area (Å²) in [5.41, 5.74) is 4.64. The lowest BCUT2D eigenvalue weighted by Gasteiger charge is -2.38. The molecule has 1 aromatic carbocycles. The lowest BCUT2D eigenvalue weighted by Crippen LogP contribution is -2.40. The number of para-hydroxylation sites is 1. The molecule has 1 aromatic heterocycles. The average molecular weight is 332 g/mol. The van der Waals surface area contributed by atoms with Gasteiger partial charge >= 0.3 is 0 Å². The molecule has 4 heteroatoms. The Morgan fingerprint density at radius 2 is 1.80 bits per heavy atom. The van der Waals surface area contributed by atoms with Crippen LogP contribution in [0.3, 0.4) is 0 Å². The van der Waals surface area contributed by atoms with Crippen molar-refractivity contribution in [1.29, 1.82) is 0 Å². The fraction of sp³-hybridized carbons (Fsp3) is 0.286. The predicted molar refractivity (Wildman–Crippen MR) is 96.1 cm³/mol. The molecule has 126 valence electrons. The number of pyridine rings is 1. The van der Waals surface area contributed by atoms with Crippen molar-refractivity contribution in [3.63, 3.8) is 0 Å². The third-order valence-electron chi connectivity index (χ3n) is 5.14. The van der Waals surface area contributed by atoms with Crippen molar-refractivity contribution in [3.05, 3.63) is 71.2 Å². The molecule has 1 atom stereocenters. The number of ketones is 1. The SMILES string of the molecule is Cc1ccccc1N1C(=O)CC(c2ccncc2)C2=C1CCCC2=O. The topological polar surface area (TPSA) is 50.3 Å². The van der Waals surface area contributed by atoms with Gasteiger partial charge in [0.2, 0.25) is 5.91 Å². The van der Waals surface area contributed by atoms with Gasteiger partial charge in [0.15, 0.2) is 5.78 Å². The molecule has 0 bridgehead atoms. The van der Waals surface area contributed by atoms with Gasteiger partial charge in [0.25, 0.3) is 0 Å². The first-order valence-corrected chi connectivity index (χ1v) is 8.71. The maximum absolute atomic E-state index is 13.1. The number of anilines is 1. The Balaban J connectivity index is 1.89. The first kappa shape index (κ1) is 15.8. The number of Topliss-reactive ketones (excluding diaryl/α,β-unsaturated/α-hetero) is 1. The summed E-state index contributed by atoms with van der Waals surface area (Å²) in [5.74, 6) is 0.0808. The summed E-state index contributed by atoms with van der Waals surface area (Å²) in [4.78, 5) is 31.7. The first-order valence-electron chi connectivity index (χ1n) is 8.71. The Kier molecular flexibility index (Phi) is 3.96. The highest BCUT2D eigenvalue weighted by Gasteiger charge is 2.39. The Labute approximate surface area is 147 Å². The summed E-state index contributed by atoms with van der Waals surface area (Å²) in [6, 6.07) is 11.7. The summed E-state index contributed by atoms with van der Waals surface area (Å²) in [5, 5.41) is 0. The van der Waals surface area contributed by atoms with E-state index in [0.717, 1.165) is 40.9 Å². The smallest absolute Gasteiger partial charge is 0.232 e. The number of rotatable bonds is 2. The minimum Gasteiger partial charge on any atom is -0.294 e. The third-order valence-corrected chi connectivity index (χ3v) is 5.14. The van der Waals surface area contributed by atoms with Crippen LogP contribution in [-0.4, -0.2) is 16.7 Å². The molecule has 25 heavy (non-hydrogen) atoms. The summed E-state index contributed by atoms with van der Waals surface area (Å²) in [6.45, 7) is 2.00. The third kappa shape index (κ3) is 2.68. The highest BCUT2D eigenvalue weighted by atomic mass is 16.2. The van der Waals surface area contributed by atoms with Crippen LogP contribution in [0.1, 0.15) is 42.7 Å². The van der Waals surface area contributed by atoms with Crippen LogP contribution in [0.25, 0.3) is 0 Å². The maximum atomic E-state index is 13.1. The van der Waals surface area contributed by atoms with Crippen molar-refractivity contribution in [1.82, 2.24) is 4.98 Å². The number of aryl methyl sites for hydroxylation is 1. The molecule has 2 aliphatic rings. The zero-order chi connectivity index (χ0) is 17.4. The van der Waals surface area contributed by atoms with Crippen LogP contribution < -0.4 is 4.90 Å². The van der Waals surface area contributed by atoms with Crippen LogP contribution in [0.15, 0.2) is 60.1 Å². The number of aromatic nitrogens is 1. The number of nitrogens with zero attached hydrogens (tertiary/aromatic N) is 2. The highest BCUT2D eigenvalue weighted by Crippen LogP contribution is 2.43. The molecule has 1 aliphatic carbocycles. The van der Waals surface area contributed by atoms with Crippen LogP contribution in [0.4, 0.5) is 5.69 Å². The van der Waals surface area contributed by atoms with Crippen LogP contribution in [-0.2, 0) is 9.59 Å². The van der Waals surface area contributed by atoms with Gasteiger partial charge in [0.1, 0.15) is 0 Å². The normalized spacial score (nSPS) is 20.7. The van der Waals surface area contributed by atoms with Gasteiger partial charge in [0, 0.05) is 42.4 Å². The van der Waals surface area contributed by atoms with Crippen LogP contribution in [0, 0.1) is 6.92 Å². The molecule has 4 rings (SSSR count). The van der Waals surface area contributed by atoms with Crippen molar-refractivity contribution in [2.75, 3.05) is 4.90 Å². The van der Waals surface area contributed by atoms with E-state index in [9.17, 15) is 9.59 Å². The number of hydrogen-bond acceptors (Lipinski definition) is 3. The van der Waals surface area contributed by atoms with Gasteiger partial charge in [-0.3, -0.25) is 19.5 Å². The standard InChI is InChI=1S/C21H20N2O2/c1-14-5-2-3-6-17(14)23-18-7-4-8-19(24)21(18)16(13-20(23)25)15-9-11-22-12-10-15/h2-3,5-6,9-12,16H,4,7-8,13H2,1H3. The minimum atomic E-state index is -0.154. The van der Waals surface area contributed by atoms with Crippen LogP contribution >= 0.6 is 0 Å². The highest BCUT2D eigenvalue weighted by molar-refractivity contribution is 6.07.